The summed E-state index contributed by atoms with van der Waals surface area (Å²) in [4.78, 5) is 26.7. The van der Waals surface area contributed by atoms with E-state index in [1.54, 1.807) is 60.7 Å². The zero-order valence-electron chi connectivity index (χ0n) is 24.3. The third-order valence-corrected chi connectivity index (χ3v) is 9.67. The maximum atomic E-state index is 15.0. The number of nitrogens with two attached hydrogens (primary N) is 1. The SMILES string of the molecule is COc1cccc(C(Nc2cc(F)c3c(N)nccc3c2)C(=O)NCc2ccccc2S(=O)(=O)C2CCC2)c1.O=C(O)C(F)(F)F. The first-order chi connectivity index (χ1) is 21.7. The number of nitrogen functional groups attached to an aromatic ring is 1. The van der Waals surface area contributed by atoms with E-state index < -0.39 is 39.7 Å². The lowest BCUT2D eigenvalue weighted by Crippen LogP contribution is -2.34. The molecule has 1 aliphatic rings. The maximum absolute atomic E-state index is 15.0. The van der Waals surface area contributed by atoms with Gasteiger partial charge in [-0.2, -0.15) is 13.2 Å². The number of sulfone groups is 1. The van der Waals surface area contributed by atoms with Gasteiger partial charge in [0.25, 0.3) is 0 Å². The number of nitrogens with zero attached hydrogens (tertiary/aromatic N) is 1. The van der Waals surface area contributed by atoms with Gasteiger partial charge in [-0.25, -0.2) is 22.6 Å². The van der Waals surface area contributed by atoms with E-state index in [1.807, 2.05) is 0 Å². The Hall–Kier alpha value is -4.92. The number of anilines is 2. The maximum Gasteiger partial charge on any atom is 0.490 e. The summed E-state index contributed by atoms with van der Waals surface area (Å²) in [5.74, 6) is -3.12. The van der Waals surface area contributed by atoms with Crippen LogP contribution in [0.3, 0.4) is 0 Å². The molecular weight excluding hydrogens is 632 g/mol. The lowest BCUT2D eigenvalue weighted by molar-refractivity contribution is -0.192. The summed E-state index contributed by atoms with van der Waals surface area (Å²) in [5, 5.41) is 13.5. The molecule has 15 heteroatoms. The number of hydrogen-bond donors (Lipinski definition) is 4. The third kappa shape index (κ3) is 7.83. The first kappa shape index (κ1) is 34.0. The number of methoxy groups -OCH3 is 1. The molecule has 0 saturated heterocycles. The molecule has 3 aromatic carbocycles. The van der Waals surface area contributed by atoms with E-state index >= 15 is 0 Å². The van der Waals surface area contributed by atoms with Crippen LogP contribution < -0.4 is 21.1 Å². The van der Waals surface area contributed by atoms with Gasteiger partial charge in [0.05, 0.1) is 22.6 Å². The number of hydrogen-bond acceptors (Lipinski definition) is 8. The highest BCUT2D eigenvalue weighted by Gasteiger charge is 2.38. The predicted octanol–water partition coefficient (Wildman–Crippen LogP) is 5.39. The number of benzene rings is 3. The Labute approximate surface area is 261 Å². The van der Waals surface area contributed by atoms with E-state index in [-0.39, 0.29) is 27.9 Å². The summed E-state index contributed by atoms with van der Waals surface area (Å²) in [6.07, 6.45) is -1.40. The van der Waals surface area contributed by atoms with Crippen LogP contribution in [0.15, 0.2) is 77.8 Å². The van der Waals surface area contributed by atoms with E-state index in [1.165, 1.54) is 19.4 Å². The summed E-state index contributed by atoms with van der Waals surface area (Å²) in [6, 6.07) is 17.4. The molecule has 1 atom stereocenters. The summed E-state index contributed by atoms with van der Waals surface area (Å²) >= 11 is 0. The minimum Gasteiger partial charge on any atom is -0.497 e. The Kier molecular flexibility index (Phi) is 10.4. The predicted molar refractivity (Wildman–Crippen MR) is 162 cm³/mol. The van der Waals surface area contributed by atoms with Crippen molar-refractivity contribution in [3.63, 3.8) is 0 Å². The van der Waals surface area contributed by atoms with Gasteiger partial charge in [0.1, 0.15) is 23.4 Å². The number of carboxylic acids is 1. The van der Waals surface area contributed by atoms with Crippen LogP contribution in [0.5, 0.6) is 5.75 Å². The van der Waals surface area contributed by atoms with Crippen molar-refractivity contribution in [3.8, 4) is 5.75 Å². The Bertz CT molecular complexity index is 1850. The van der Waals surface area contributed by atoms with Crippen LogP contribution in [0.4, 0.5) is 29.1 Å². The molecule has 0 aliphatic heterocycles. The van der Waals surface area contributed by atoms with Gasteiger partial charge in [-0.15, -0.1) is 0 Å². The standard InChI is InChI=1S/C29H29FN4O4S.C2HF3O2/c1-38-22-8-4-7-19(15-22)27(34-21-14-18-12-13-32-28(31)26(18)24(30)16-21)29(35)33-17-20-6-2-3-11-25(20)39(36,37)23-9-5-10-23;3-2(4,5)1(6)7/h2-4,6-8,11-16,23,27,34H,5,9-10,17H2,1H3,(H2,31,32)(H,33,35);(H,6,7). The van der Waals surface area contributed by atoms with Crippen molar-refractivity contribution in [1.29, 1.82) is 0 Å². The fourth-order valence-corrected chi connectivity index (χ4v) is 6.82. The largest absolute Gasteiger partial charge is 0.497 e. The number of rotatable bonds is 9. The second-order valence-corrected chi connectivity index (χ2v) is 12.5. The molecule has 1 fully saturated rings. The second kappa shape index (κ2) is 14.0. The van der Waals surface area contributed by atoms with Crippen LogP contribution in [0.25, 0.3) is 10.8 Å². The molecule has 244 valence electrons. The molecule has 0 radical (unpaired) electrons. The van der Waals surface area contributed by atoms with Gasteiger partial charge in [-0.05, 0) is 65.8 Å². The molecule has 46 heavy (non-hydrogen) atoms. The number of halogens is 4. The van der Waals surface area contributed by atoms with E-state index in [2.05, 4.69) is 15.6 Å². The van der Waals surface area contributed by atoms with Crippen molar-refractivity contribution in [2.45, 2.75) is 48.2 Å². The minimum absolute atomic E-state index is 0.0113. The number of aromatic nitrogens is 1. The van der Waals surface area contributed by atoms with Crippen LogP contribution in [-0.4, -0.2) is 48.9 Å². The molecule has 1 heterocycles. The molecule has 1 saturated carbocycles. The number of ether oxygens (including phenoxy) is 1. The van der Waals surface area contributed by atoms with Gasteiger partial charge in [-0.3, -0.25) is 4.79 Å². The van der Waals surface area contributed by atoms with Gasteiger partial charge >= 0.3 is 12.1 Å². The second-order valence-electron chi connectivity index (χ2n) is 10.3. The molecule has 1 amide bonds. The minimum atomic E-state index is -5.08. The first-order valence-electron chi connectivity index (χ1n) is 13.9. The van der Waals surface area contributed by atoms with E-state index in [9.17, 15) is 30.8 Å². The van der Waals surface area contributed by atoms with Gasteiger partial charge in [0, 0.05) is 18.4 Å². The number of alkyl halides is 3. The molecule has 10 nitrogen and oxygen atoms in total. The molecular formula is C31H30F4N4O6S. The molecule has 0 spiro atoms. The van der Waals surface area contributed by atoms with Crippen LogP contribution >= 0.6 is 0 Å². The lowest BCUT2D eigenvalue weighted by atomic mass is 10.00. The quantitative estimate of drug-likeness (QED) is 0.172. The van der Waals surface area contributed by atoms with Crippen LogP contribution in [-0.2, 0) is 26.0 Å². The lowest BCUT2D eigenvalue weighted by Gasteiger charge is -2.26. The van der Waals surface area contributed by atoms with E-state index in [0.29, 0.717) is 40.8 Å². The topological polar surface area (TPSA) is 161 Å². The number of fused-ring (bicyclic) bond motifs is 1. The van der Waals surface area contributed by atoms with Gasteiger partial charge < -0.3 is 26.2 Å². The van der Waals surface area contributed by atoms with Crippen LogP contribution in [0.2, 0.25) is 0 Å². The molecule has 5 rings (SSSR count). The monoisotopic (exact) mass is 662 g/mol. The van der Waals surface area contributed by atoms with Gasteiger partial charge in [0.15, 0.2) is 9.84 Å². The molecule has 1 aromatic heterocycles. The highest BCUT2D eigenvalue weighted by atomic mass is 32.2. The van der Waals surface area contributed by atoms with Crippen molar-refractivity contribution in [2.75, 3.05) is 18.2 Å². The van der Waals surface area contributed by atoms with Crippen LogP contribution in [0.1, 0.15) is 36.4 Å². The summed E-state index contributed by atoms with van der Waals surface area (Å²) in [7, 11) is -1.95. The summed E-state index contributed by atoms with van der Waals surface area (Å²) in [5.41, 5.74) is 7.31. The number of carbonyl (C=O) groups excluding carboxylic acids is 1. The number of carbonyl (C=O) groups is 2. The Morgan fingerprint density at radius 2 is 1.78 bits per heavy atom. The molecule has 0 bridgehead atoms. The number of aliphatic carboxylic acids is 1. The van der Waals surface area contributed by atoms with Crippen molar-refractivity contribution in [2.24, 2.45) is 0 Å². The fraction of sp³-hybridized carbons (Fsp3) is 0.258. The van der Waals surface area contributed by atoms with E-state index in [0.717, 1.165) is 6.42 Å². The zero-order valence-corrected chi connectivity index (χ0v) is 25.2. The van der Waals surface area contributed by atoms with Crippen molar-refractivity contribution in [1.82, 2.24) is 10.3 Å². The summed E-state index contributed by atoms with van der Waals surface area (Å²) in [6.45, 7) is 0.0113. The van der Waals surface area contributed by atoms with Crippen molar-refractivity contribution in [3.05, 3.63) is 89.9 Å². The highest BCUT2D eigenvalue weighted by Crippen LogP contribution is 2.33. The normalized spacial score (nSPS) is 13.9. The molecule has 4 aromatic rings. The molecule has 1 aliphatic carbocycles. The Morgan fingerprint density at radius 1 is 1.09 bits per heavy atom. The number of pyridine rings is 1. The fourth-order valence-electron chi connectivity index (χ4n) is 4.74. The van der Waals surface area contributed by atoms with Gasteiger partial charge in [0.2, 0.25) is 5.91 Å². The molecule has 1 unspecified atom stereocenters. The average molecular weight is 663 g/mol. The van der Waals surface area contributed by atoms with Gasteiger partial charge in [-0.1, -0.05) is 36.8 Å². The third-order valence-electron chi connectivity index (χ3n) is 7.31. The van der Waals surface area contributed by atoms with Crippen molar-refractivity contribution < 1.29 is 45.4 Å². The zero-order chi connectivity index (χ0) is 33.6. The number of carboxylic acid groups (broad SMARTS) is 1. The van der Waals surface area contributed by atoms with E-state index in [4.69, 9.17) is 20.4 Å². The number of amides is 1. The summed E-state index contributed by atoms with van der Waals surface area (Å²) < 4.78 is 78.3. The first-order valence-corrected chi connectivity index (χ1v) is 15.4. The number of nitrogens with one attached hydrogen (secondary N) is 2. The highest BCUT2D eigenvalue weighted by molar-refractivity contribution is 7.92. The van der Waals surface area contributed by atoms with Crippen LogP contribution in [0, 0.1) is 5.82 Å². The average Bonchev–Trinajstić information content (AvgIpc) is 2.97. The molecule has 5 N–H and O–H groups in total. The Morgan fingerprint density at radius 3 is 2.41 bits per heavy atom. The van der Waals surface area contributed by atoms with Crippen molar-refractivity contribution >= 4 is 44.0 Å². The Balaban J connectivity index is 0.000000617. The smallest absolute Gasteiger partial charge is 0.490 e.